The molecule has 6 heteroatoms. The van der Waals surface area contributed by atoms with Crippen LogP contribution in [0, 0.1) is 17.1 Å². The van der Waals surface area contributed by atoms with Crippen LogP contribution in [0.5, 0.6) is 0 Å². The molecule has 2 heterocycles. The van der Waals surface area contributed by atoms with Crippen molar-refractivity contribution in [2.45, 2.75) is 32.7 Å². The molecule has 0 bridgehead atoms. The van der Waals surface area contributed by atoms with E-state index in [4.69, 9.17) is 5.41 Å². The molecule has 26 heavy (non-hydrogen) atoms. The van der Waals surface area contributed by atoms with Gasteiger partial charge in [0.15, 0.2) is 0 Å². The zero-order valence-corrected chi connectivity index (χ0v) is 15.9. The molecule has 2 N–H and O–H groups in total. The van der Waals surface area contributed by atoms with Gasteiger partial charge in [-0.15, -0.1) is 0 Å². The normalized spacial score (nSPS) is 16.4. The number of benzene rings is 1. The summed E-state index contributed by atoms with van der Waals surface area (Å²) in [5.41, 5.74) is 0.923. The number of likely N-dealkylation sites (tertiary alicyclic amines) is 1. The lowest BCUT2D eigenvalue weighted by atomic mass is 9.86. The van der Waals surface area contributed by atoms with Gasteiger partial charge in [0.05, 0.1) is 5.39 Å². The third-order valence-corrected chi connectivity index (χ3v) is 5.35. The molecule has 1 aliphatic rings. The lowest BCUT2D eigenvalue weighted by Gasteiger charge is -2.35. The Morgan fingerprint density at radius 3 is 2.50 bits per heavy atom. The largest absolute Gasteiger partial charge is 0.364 e. The standard InChI is InChI=1S/C20H27FN4O/c1-12(2)25-9-7-13(8-10-25)18(22)17-15-6-5-14(21)11-16(15)20(26)23-19(17)24(3)4/h5-6,11-13,22H,7-10H2,1-4H3,(H,23,26). The van der Waals surface area contributed by atoms with Gasteiger partial charge in [0.1, 0.15) is 11.6 Å². The molecule has 1 fully saturated rings. The number of H-pyrrole nitrogens is 1. The van der Waals surface area contributed by atoms with Crippen LogP contribution in [-0.4, -0.2) is 48.8 Å². The number of pyridine rings is 1. The van der Waals surface area contributed by atoms with E-state index in [2.05, 4.69) is 23.7 Å². The first kappa shape index (κ1) is 18.6. The van der Waals surface area contributed by atoms with Crippen molar-refractivity contribution in [3.63, 3.8) is 0 Å². The molecule has 0 radical (unpaired) electrons. The summed E-state index contributed by atoms with van der Waals surface area (Å²) in [7, 11) is 3.69. The fraction of sp³-hybridized carbons (Fsp3) is 0.500. The second-order valence-electron chi connectivity index (χ2n) is 7.58. The quantitative estimate of drug-likeness (QED) is 0.825. The summed E-state index contributed by atoms with van der Waals surface area (Å²) < 4.78 is 13.7. The van der Waals surface area contributed by atoms with Crippen LogP contribution >= 0.6 is 0 Å². The number of hydrogen-bond acceptors (Lipinski definition) is 4. The summed E-state index contributed by atoms with van der Waals surface area (Å²) in [6.45, 7) is 6.33. The molecule has 0 saturated carbocycles. The van der Waals surface area contributed by atoms with Crippen molar-refractivity contribution in [2.75, 3.05) is 32.1 Å². The van der Waals surface area contributed by atoms with Gasteiger partial charge in [-0.1, -0.05) is 6.07 Å². The molecule has 3 rings (SSSR count). The molecule has 0 spiro atoms. The second-order valence-corrected chi connectivity index (χ2v) is 7.58. The third-order valence-electron chi connectivity index (χ3n) is 5.35. The highest BCUT2D eigenvalue weighted by Gasteiger charge is 2.28. The first-order valence-electron chi connectivity index (χ1n) is 9.15. The highest BCUT2D eigenvalue weighted by molar-refractivity contribution is 6.13. The van der Waals surface area contributed by atoms with Crippen molar-refractivity contribution < 1.29 is 4.39 Å². The lowest BCUT2D eigenvalue weighted by molar-refractivity contribution is 0.169. The van der Waals surface area contributed by atoms with Crippen molar-refractivity contribution in [3.05, 3.63) is 39.9 Å². The van der Waals surface area contributed by atoms with Gasteiger partial charge in [-0.25, -0.2) is 4.39 Å². The number of nitrogens with zero attached hydrogens (tertiary/aromatic N) is 2. The molecule has 0 aliphatic carbocycles. The molecule has 5 nitrogen and oxygen atoms in total. The Morgan fingerprint density at radius 1 is 1.27 bits per heavy atom. The van der Waals surface area contributed by atoms with Crippen LogP contribution in [0.15, 0.2) is 23.0 Å². The Morgan fingerprint density at radius 2 is 1.92 bits per heavy atom. The molecule has 140 valence electrons. The monoisotopic (exact) mass is 358 g/mol. The van der Waals surface area contributed by atoms with Gasteiger partial charge in [0.2, 0.25) is 0 Å². The van der Waals surface area contributed by atoms with Gasteiger partial charge < -0.3 is 20.2 Å². The minimum atomic E-state index is -0.441. The molecule has 1 aromatic heterocycles. The molecular formula is C20H27FN4O. The van der Waals surface area contributed by atoms with Crippen molar-refractivity contribution in [1.29, 1.82) is 5.41 Å². The summed E-state index contributed by atoms with van der Waals surface area (Å²) in [6.07, 6.45) is 1.84. The average molecular weight is 358 g/mol. The fourth-order valence-electron chi connectivity index (χ4n) is 3.80. The van der Waals surface area contributed by atoms with E-state index in [0.29, 0.717) is 33.9 Å². The molecular weight excluding hydrogens is 331 g/mol. The van der Waals surface area contributed by atoms with Crippen molar-refractivity contribution in [1.82, 2.24) is 9.88 Å². The Bertz CT molecular complexity index is 879. The van der Waals surface area contributed by atoms with Gasteiger partial charge in [0, 0.05) is 42.7 Å². The zero-order chi connectivity index (χ0) is 19.0. The summed E-state index contributed by atoms with van der Waals surface area (Å²) in [5.74, 6) is 0.316. The topological polar surface area (TPSA) is 63.2 Å². The van der Waals surface area contributed by atoms with Crippen molar-refractivity contribution >= 4 is 22.3 Å². The van der Waals surface area contributed by atoms with Crippen LogP contribution in [0.25, 0.3) is 10.8 Å². The van der Waals surface area contributed by atoms with Gasteiger partial charge in [-0.2, -0.15) is 0 Å². The van der Waals surface area contributed by atoms with Gasteiger partial charge >= 0.3 is 0 Å². The Kier molecular flexibility index (Phi) is 5.14. The van der Waals surface area contributed by atoms with E-state index in [9.17, 15) is 9.18 Å². The SMILES string of the molecule is CC(C)N1CCC(C(=N)c2c(N(C)C)[nH]c(=O)c3cc(F)ccc23)CC1. The minimum Gasteiger partial charge on any atom is -0.364 e. The van der Waals surface area contributed by atoms with Crippen LogP contribution in [0.3, 0.4) is 0 Å². The van der Waals surface area contributed by atoms with Crippen LogP contribution in [0.2, 0.25) is 0 Å². The molecule has 0 atom stereocenters. The van der Waals surface area contributed by atoms with Gasteiger partial charge in [0.25, 0.3) is 5.56 Å². The molecule has 1 aromatic carbocycles. The van der Waals surface area contributed by atoms with Crippen LogP contribution in [-0.2, 0) is 0 Å². The summed E-state index contributed by atoms with van der Waals surface area (Å²) in [4.78, 5) is 19.5. The third kappa shape index (κ3) is 3.38. The maximum absolute atomic E-state index is 13.7. The summed E-state index contributed by atoms with van der Waals surface area (Å²) in [5, 5.41) is 9.83. The number of hydrogen-bond donors (Lipinski definition) is 2. The number of nitrogens with one attached hydrogen (secondary N) is 2. The minimum absolute atomic E-state index is 0.142. The number of rotatable bonds is 4. The van der Waals surface area contributed by atoms with E-state index < -0.39 is 5.82 Å². The zero-order valence-electron chi connectivity index (χ0n) is 15.9. The van der Waals surface area contributed by atoms with Crippen LogP contribution < -0.4 is 10.5 Å². The Labute approximate surface area is 153 Å². The van der Waals surface area contributed by atoms with E-state index in [0.717, 1.165) is 25.9 Å². The van der Waals surface area contributed by atoms with Gasteiger partial charge in [-0.3, -0.25) is 4.79 Å². The molecule has 2 aromatic rings. The number of aromatic nitrogens is 1. The number of anilines is 1. The Hall–Kier alpha value is -2.21. The Balaban J connectivity index is 2.06. The van der Waals surface area contributed by atoms with Gasteiger partial charge in [-0.05, 0) is 51.9 Å². The average Bonchev–Trinajstić information content (AvgIpc) is 2.61. The summed E-state index contributed by atoms with van der Waals surface area (Å²) >= 11 is 0. The highest BCUT2D eigenvalue weighted by Crippen LogP contribution is 2.30. The van der Waals surface area contributed by atoms with Crippen molar-refractivity contribution in [3.8, 4) is 0 Å². The molecule has 0 unspecified atom stereocenters. The van der Waals surface area contributed by atoms with E-state index in [1.807, 2.05) is 19.0 Å². The van der Waals surface area contributed by atoms with Crippen molar-refractivity contribution in [2.24, 2.45) is 5.92 Å². The number of fused-ring (bicyclic) bond motifs is 1. The number of halogens is 1. The molecule has 0 amide bonds. The number of piperidine rings is 1. The van der Waals surface area contributed by atoms with E-state index in [-0.39, 0.29) is 11.5 Å². The van der Waals surface area contributed by atoms with E-state index >= 15 is 0 Å². The first-order chi connectivity index (χ1) is 12.3. The lowest BCUT2D eigenvalue weighted by Crippen LogP contribution is -2.40. The first-order valence-corrected chi connectivity index (χ1v) is 9.15. The molecule has 1 saturated heterocycles. The smallest absolute Gasteiger partial charge is 0.257 e. The predicted molar refractivity (Wildman–Crippen MR) is 105 cm³/mol. The van der Waals surface area contributed by atoms with E-state index in [1.165, 1.54) is 12.1 Å². The number of aromatic amines is 1. The van der Waals surface area contributed by atoms with Crippen LogP contribution in [0.1, 0.15) is 32.3 Å². The maximum Gasteiger partial charge on any atom is 0.257 e. The van der Waals surface area contributed by atoms with Crippen LogP contribution in [0.4, 0.5) is 10.2 Å². The highest BCUT2D eigenvalue weighted by atomic mass is 19.1. The predicted octanol–water partition coefficient (Wildman–Crippen LogP) is 3.22. The van der Waals surface area contributed by atoms with E-state index in [1.54, 1.807) is 6.07 Å². The fourth-order valence-corrected chi connectivity index (χ4v) is 3.80. The second kappa shape index (κ2) is 7.19. The molecule has 1 aliphatic heterocycles. The summed E-state index contributed by atoms with van der Waals surface area (Å²) in [6, 6.07) is 4.75. The maximum atomic E-state index is 13.7.